The fraction of sp³-hybridized carbons (Fsp3) is 0.182. The maximum atomic E-state index is 12.7. The Bertz CT molecular complexity index is 729. The molecule has 0 saturated heterocycles. The first kappa shape index (κ1) is 13.1. The molecule has 6 nitrogen and oxygen atoms in total. The van der Waals surface area contributed by atoms with Gasteiger partial charge in [0.25, 0.3) is 5.19 Å². The largest absolute Gasteiger partial charge is 0.464 e. The number of fused-ring (bicyclic) bond motifs is 1. The van der Waals surface area contributed by atoms with E-state index in [-0.39, 0.29) is 12.3 Å². The molecule has 0 amide bonds. The van der Waals surface area contributed by atoms with Gasteiger partial charge in [-0.1, -0.05) is 17.2 Å². The van der Waals surface area contributed by atoms with Crippen LogP contribution in [0.3, 0.4) is 0 Å². The zero-order valence-electron chi connectivity index (χ0n) is 10.4. The van der Waals surface area contributed by atoms with Crippen molar-refractivity contribution in [3.63, 3.8) is 0 Å². The number of nitrogens with zero attached hydrogens (tertiary/aromatic N) is 4. The average molecular weight is 311 g/mol. The highest BCUT2D eigenvalue weighted by molar-refractivity contribution is 7.92. The Morgan fingerprint density at radius 1 is 1.45 bits per heavy atom. The molecule has 2 aromatic heterocycles. The van der Waals surface area contributed by atoms with Crippen molar-refractivity contribution in [1.82, 2.24) is 19.4 Å². The summed E-state index contributed by atoms with van der Waals surface area (Å²) in [6, 6.07) is 5.56. The number of anilines is 1. The second-order valence-electron chi connectivity index (χ2n) is 3.85. The minimum absolute atomic E-state index is 0.0706. The predicted molar refractivity (Wildman–Crippen MR) is 77.6 cm³/mol. The summed E-state index contributed by atoms with van der Waals surface area (Å²) in [4.78, 5) is 0. The van der Waals surface area contributed by atoms with Crippen LogP contribution in [-0.4, -0.2) is 26.4 Å². The fourth-order valence-electron chi connectivity index (χ4n) is 1.78. The van der Waals surface area contributed by atoms with Gasteiger partial charge >= 0.3 is 0 Å². The van der Waals surface area contributed by atoms with Gasteiger partial charge in [-0.15, -0.1) is 8.98 Å². The number of nitrogens with one attached hydrogen (secondary N) is 1. The molecule has 104 valence electrons. The molecule has 0 aliphatic carbocycles. The van der Waals surface area contributed by atoms with Crippen LogP contribution in [0.5, 0.6) is 5.19 Å². The second-order valence-corrected chi connectivity index (χ2v) is 5.27. The summed E-state index contributed by atoms with van der Waals surface area (Å²) >= 11 is 1.40. The van der Waals surface area contributed by atoms with E-state index in [0.29, 0.717) is 22.4 Å². The zero-order valence-corrected chi connectivity index (χ0v) is 12.0. The van der Waals surface area contributed by atoms with Gasteiger partial charge in [-0.25, -0.2) is 0 Å². The molecule has 20 heavy (non-hydrogen) atoms. The average Bonchev–Trinajstić information content (AvgIpc) is 3.11. The summed E-state index contributed by atoms with van der Waals surface area (Å²) in [5, 5.41) is 16.7. The first-order valence-corrected chi connectivity index (χ1v) is 7.19. The molecule has 0 fully saturated rings. The molecule has 2 heterocycles. The van der Waals surface area contributed by atoms with Gasteiger partial charge < -0.3 is 10.1 Å². The van der Waals surface area contributed by atoms with Crippen LogP contribution in [0.2, 0.25) is 0 Å². The Labute approximate surface area is 122 Å². The second kappa shape index (κ2) is 5.63. The van der Waals surface area contributed by atoms with Gasteiger partial charge in [0.2, 0.25) is 5.13 Å². The van der Waals surface area contributed by atoms with E-state index < -0.39 is 0 Å². The van der Waals surface area contributed by atoms with E-state index in [9.17, 15) is 3.89 Å². The lowest BCUT2D eigenvalue weighted by atomic mass is 10.1. The Balaban J connectivity index is 1.82. The van der Waals surface area contributed by atoms with Crippen LogP contribution >= 0.6 is 23.7 Å². The van der Waals surface area contributed by atoms with Crippen molar-refractivity contribution >= 4 is 39.7 Å². The summed E-state index contributed by atoms with van der Waals surface area (Å²) in [5.74, 6) is 0. The SMILES string of the molecule is CNc1nnc(OCc2cccc3c2cnn3SF)s1. The maximum absolute atomic E-state index is 12.7. The molecule has 9 heteroatoms. The molecule has 0 spiro atoms. The molecule has 0 unspecified atom stereocenters. The highest BCUT2D eigenvalue weighted by atomic mass is 32.2. The summed E-state index contributed by atoms with van der Waals surface area (Å²) in [5.41, 5.74) is 1.63. The lowest BCUT2D eigenvalue weighted by Crippen LogP contribution is -1.95. The van der Waals surface area contributed by atoms with Crippen LogP contribution in [0.4, 0.5) is 9.02 Å². The van der Waals surface area contributed by atoms with Crippen LogP contribution in [0.1, 0.15) is 5.56 Å². The Morgan fingerprint density at radius 2 is 2.35 bits per heavy atom. The zero-order chi connectivity index (χ0) is 13.9. The molecular weight excluding hydrogens is 301 g/mol. The maximum Gasteiger partial charge on any atom is 0.296 e. The molecule has 0 aliphatic rings. The van der Waals surface area contributed by atoms with E-state index in [2.05, 4.69) is 20.6 Å². The lowest BCUT2D eigenvalue weighted by molar-refractivity contribution is 0.303. The summed E-state index contributed by atoms with van der Waals surface area (Å²) in [6.07, 6.45) is 1.62. The van der Waals surface area contributed by atoms with E-state index in [0.717, 1.165) is 10.9 Å². The van der Waals surface area contributed by atoms with Gasteiger partial charge in [0.15, 0.2) is 12.3 Å². The van der Waals surface area contributed by atoms with Crippen molar-refractivity contribution in [2.45, 2.75) is 6.61 Å². The summed E-state index contributed by atoms with van der Waals surface area (Å²) in [6.45, 7) is 0.332. The fourth-order valence-corrected chi connectivity index (χ4v) is 2.64. The third-order valence-corrected chi connectivity index (χ3v) is 3.98. The monoisotopic (exact) mass is 311 g/mol. The summed E-state index contributed by atoms with van der Waals surface area (Å²) in [7, 11) is 1.77. The van der Waals surface area contributed by atoms with Crippen LogP contribution in [0.25, 0.3) is 10.9 Å². The standard InChI is InChI=1S/C11H10FN5OS2/c1-13-10-15-16-11(19-10)18-6-7-3-2-4-9-8(7)5-14-17(9)20-12/h2-5H,6H2,1H3,(H,13,15). The van der Waals surface area contributed by atoms with Gasteiger partial charge in [0, 0.05) is 18.0 Å². The van der Waals surface area contributed by atoms with Crippen LogP contribution < -0.4 is 10.1 Å². The Kier molecular flexibility index (Phi) is 3.70. The lowest BCUT2D eigenvalue weighted by Gasteiger charge is -2.03. The van der Waals surface area contributed by atoms with Gasteiger partial charge in [-0.05, 0) is 17.4 Å². The molecule has 0 radical (unpaired) electrons. The quantitative estimate of drug-likeness (QED) is 0.781. The number of halogens is 1. The number of hydrogen-bond donors (Lipinski definition) is 1. The number of aromatic nitrogens is 4. The normalized spacial score (nSPS) is 10.9. The van der Waals surface area contributed by atoms with Crippen molar-refractivity contribution < 1.29 is 8.62 Å². The van der Waals surface area contributed by atoms with Crippen molar-refractivity contribution in [1.29, 1.82) is 0 Å². The minimum Gasteiger partial charge on any atom is -0.464 e. The predicted octanol–water partition coefficient (Wildman–Crippen LogP) is 2.89. The van der Waals surface area contributed by atoms with Crippen LogP contribution in [-0.2, 0) is 6.61 Å². The molecule has 0 bridgehead atoms. The first-order valence-electron chi connectivity index (χ1n) is 5.70. The van der Waals surface area contributed by atoms with Gasteiger partial charge in [-0.3, -0.25) is 0 Å². The number of hydrogen-bond acceptors (Lipinski definition) is 7. The van der Waals surface area contributed by atoms with E-state index in [4.69, 9.17) is 4.74 Å². The highest BCUT2D eigenvalue weighted by Gasteiger charge is 2.09. The molecule has 0 saturated carbocycles. The third-order valence-electron chi connectivity index (χ3n) is 2.71. The van der Waals surface area contributed by atoms with E-state index in [1.165, 1.54) is 15.4 Å². The molecule has 1 aromatic carbocycles. The number of rotatable bonds is 5. The van der Waals surface area contributed by atoms with Gasteiger partial charge in [0.05, 0.1) is 11.7 Å². The molecule has 3 rings (SSSR count). The number of ether oxygens (including phenoxy) is 1. The molecule has 0 atom stereocenters. The number of benzene rings is 1. The van der Waals surface area contributed by atoms with Crippen molar-refractivity contribution in [2.24, 2.45) is 0 Å². The smallest absolute Gasteiger partial charge is 0.296 e. The molecular formula is C11H10FN5OS2. The van der Waals surface area contributed by atoms with E-state index in [1.54, 1.807) is 13.2 Å². The van der Waals surface area contributed by atoms with Crippen molar-refractivity contribution in [2.75, 3.05) is 12.4 Å². The van der Waals surface area contributed by atoms with Gasteiger partial charge in [0.1, 0.15) is 6.61 Å². The topological polar surface area (TPSA) is 64.9 Å². The summed E-state index contributed by atoms with van der Waals surface area (Å²) < 4.78 is 19.5. The molecule has 0 aliphatic heterocycles. The Hall–Kier alpha value is -1.87. The van der Waals surface area contributed by atoms with Crippen LogP contribution in [0, 0.1) is 0 Å². The highest BCUT2D eigenvalue weighted by Crippen LogP contribution is 2.26. The van der Waals surface area contributed by atoms with Crippen LogP contribution in [0.15, 0.2) is 24.4 Å². The van der Waals surface area contributed by atoms with E-state index in [1.807, 2.05) is 18.2 Å². The first-order chi connectivity index (χ1) is 9.81. The Morgan fingerprint density at radius 3 is 3.10 bits per heavy atom. The molecule has 1 N–H and O–H groups in total. The van der Waals surface area contributed by atoms with Crippen molar-refractivity contribution in [3.8, 4) is 5.19 Å². The van der Waals surface area contributed by atoms with Crippen molar-refractivity contribution in [3.05, 3.63) is 30.0 Å². The van der Waals surface area contributed by atoms with E-state index >= 15 is 0 Å². The molecule has 3 aromatic rings. The minimum atomic E-state index is 0.0706. The van der Waals surface area contributed by atoms with Gasteiger partial charge in [-0.2, -0.15) is 9.19 Å². The third kappa shape index (κ3) is 2.41.